The van der Waals surface area contributed by atoms with E-state index in [0.717, 1.165) is 42.1 Å². The second-order valence-corrected chi connectivity index (χ2v) is 12.8. The van der Waals surface area contributed by atoms with E-state index in [0.29, 0.717) is 5.02 Å². The van der Waals surface area contributed by atoms with Crippen LogP contribution in [0.5, 0.6) is 0 Å². The topological polar surface area (TPSA) is 98.8 Å². The number of carbonyl (C=O) groups is 2. The van der Waals surface area contributed by atoms with E-state index in [1.807, 2.05) is 0 Å². The fourth-order valence-corrected chi connectivity index (χ4v) is 7.32. The van der Waals surface area contributed by atoms with Crippen LogP contribution in [-0.2, 0) is 32.5 Å². The van der Waals surface area contributed by atoms with Gasteiger partial charge in [-0.1, -0.05) is 36.2 Å². The van der Waals surface area contributed by atoms with Crippen molar-refractivity contribution in [2.45, 2.75) is 68.3 Å². The Balaban J connectivity index is 1.25. The first-order chi connectivity index (χ1) is 18.8. The maximum absolute atomic E-state index is 13.3. The SMILES string of the molecule is O=C(CC1C(=O)NC=CN1S(=O)(=O)c1ccc(Cl)cc1)N[C@@H]1CCCc2cc(CCN3CCCCC3)ccc21. The number of nitrogens with one attached hydrogen (secondary N) is 2. The van der Waals surface area contributed by atoms with Crippen molar-refractivity contribution >= 4 is 33.4 Å². The third-order valence-electron chi connectivity index (χ3n) is 7.85. The number of amides is 2. The largest absolute Gasteiger partial charge is 0.349 e. The minimum atomic E-state index is -4.06. The lowest BCUT2D eigenvalue weighted by molar-refractivity contribution is -0.129. The molecule has 0 radical (unpaired) electrons. The maximum Gasteiger partial charge on any atom is 0.264 e. The van der Waals surface area contributed by atoms with E-state index in [1.165, 1.54) is 80.1 Å². The minimum absolute atomic E-state index is 0.00560. The Hall–Kier alpha value is -2.88. The molecule has 0 saturated carbocycles. The van der Waals surface area contributed by atoms with Gasteiger partial charge in [0.05, 0.1) is 17.4 Å². The van der Waals surface area contributed by atoms with Crippen LogP contribution in [0.2, 0.25) is 5.02 Å². The number of likely N-dealkylation sites (tertiary alicyclic amines) is 1. The highest BCUT2D eigenvalue weighted by molar-refractivity contribution is 7.89. The van der Waals surface area contributed by atoms with Crippen molar-refractivity contribution in [3.63, 3.8) is 0 Å². The van der Waals surface area contributed by atoms with Crippen molar-refractivity contribution in [3.8, 4) is 0 Å². The van der Waals surface area contributed by atoms with Gasteiger partial charge in [-0.05, 0) is 92.6 Å². The first-order valence-electron chi connectivity index (χ1n) is 13.7. The molecule has 1 aliphatic carbocycles. The number of rotatable bonds is 8. The number of carbonyl (C=O) groups excluding carboxylic acids is 2. The molecule has 39 heavy (non-hydrogen) atoms. The van der Waals surface area contributed by atoms with Crippen molar-refractivity contribution < 1.29 is 18.0 Å². The highest BCUT2D eigenvalue weighted by Gasteiger charge is 2.37. The van der Waals surface area contributed by atoms with E-state index < -0.39 is 22.0 Å². The number of hydrogen-bond acceptors (Lipinski definition) is 5. The molecular formula is C29H35ClN4O4S. The highest BCUT2D eigenvalue weighted by atomic mass is 35.5. The quantitative estimate of drug-likeness (QED) is 0.501. The Morgan fingerprint density at radius 1 is 1.05 bits per heavy atom. The molecule has 0 spiro atoms. The van der Waals surface area contributed by atoms with Crippen LogP contribution in [0.1, 0.15) is 61.3 Å². The van der Waals surface area contributed by atoms with Crippen molar-refractivity contribution in [1.29, 1.82) is 0 Å². The lowest BCUT2D eigenvalue weighted by Gasteiger charge is -2.32. The van der Waals surface area contributed by atoms with Crippen LogP contribution >= 0.6 is 11.6 Å². The molecule has 8 nitrogen and oxygen atoms in total. The Labute approximate surface area is 235 Å². The highest BCUT2D eigenvalue weighted by Crippen LogP contribution is 2.31. The van der Waals surface area contributed by atoms with Crippen LogP contribution in [0, 0.1) is 0 Å². The number of nitrogens with zero attached hydrogens (tertiary/aromatic N) is 2. The van der Waals surface area contributed by atoms with Gasteiger partial charge in [-0.15, -0.1) is 0 Å². The predicted octanol–water partition coefficient (Wildman–Crippen LogP) is 3.91. The summed E-state index contributed by atoms with van der Waals surface area (Å²) in [5, 5.41) is 6.01. The molecule has 10 heteroatoms. The van der Waals surface area contributed by atoms with Crippen molar-refractivity contribution in [3.05, 3.63) is 76.6 Å². The van der Waals surface area contributed by atoms with Gasteiger partial charge in [-0.3, -0.25) is 13.9 Å². The number of fused-ring (bicyclic) bond motifs is 1. The molecule has 0 bridgehead atoms. The summed E-state index contributed by atoms with van der Waals surface area (Å²) in [5.74, 6) is -0.915. The molecule has 1 unspecified atom stereocenters. The van der Waals surface area contributed by atoms with E-state index >= 15 is 0 Å². The van der Waals surface area contributed by atoms with Gasteiger partial charge in [-0.2, -0.15) is 0 Å². The Kier molecular flexibility index (Phi) is 8.59. The number of piperidine rings is 1. The summed E-state index contributed by atoms with van der Waals surface area (Å²) < 4.78 is 27.5. The second-order valence-electron chi connectivity index (χ2n) is 10.5. The van der Waals surface area contributed by atoms with Crippen LogP contribution in [0.15, 0.2) is 59.8 Å². The van der Waals surface area contributed by atoms with Crippen LogP contribution < -0.4 is 10.6 Å². The Morgan fingerprint density at radius 3 is 2.59 bits per heavy atom. The molecule has 0 aromatic heterocycles. The minimum Gasteiger partial charge on any atom is -0.349 e. The van der Waals surface area contributed by atoms with Gasteiger partial charge >= 0.3 is 0 Å². The molecule has 2 aromatic rings. The lowest BCUT2D eigenvalue weighted by atomic mass is 9.86. The Bertz CT molecular complexity index is 1340. The standard InChI is InChI=1S/C29H35ClN4O4S/c30-23-8-10-24(11-9-23)39(37,38)34-18-14-31-29(36)27(34)20-28(35)32-26-6-4-5-22-19-21(7-12-25(22)26)13-17-33-15-2-1-3-16-33/h7-12,14,18-19,26-27H,1-6,13,15-17,20H2,(H,31,36)(H,32,35)/t26-,27?/m1/s1. The molecule has 2 heterocycles. The summed E-state index contributed by atoms with van der Waals surface area (Å²) in [6, 6.07) is 10.9. The van der Waals surface area contributed by atoms with Crippen LogP contribution in [-0.4, -0.2) is 55.1 Å². The summed E-state index contributed by atoms with van der Waals surface area (Å²) in [6.07, 6.45) is 9.92. The molecule has 208 valence electrons. The summed E-state index contributed by atoms with van der Waals surface area (Å²) in [4.78, 5) is 28.4. The van der Waals surface area contributed by atoms with Crippen molar-refractivity contribution in [2.24, 2.45) is 0 Å². The molecule has 2 atom stereocenters. The first-order valence-corrected chi connectivity index (χ1v) is 15.5. The summed E-state index contributed by atoms with van der Waals surface area (Å²) in [5.41, 5.74) is 3.68. The second kappa shape index (κ2) is 12.1. The first kappa shape index (κ1) is 27.7. The third-order valence-corrected chi connectivity index (χ3v) is 9.90. The van der Waals surface area contributed by atoms with Crippen molar-refractivity contribution in [2.75, 3.05) is 19.6 Å². The van der Waals surface area contributed by atoms with Crippen LogP contribution in [0.25, 0.3) is 0 Å². The molecular weight excluding hydrogens is 536 g/mol. The van der Waals surface area contributed by atoms with Crippen molar-refractivity contribution in [1.82, 2.24) is 19.8 Å². The van der Waals surface area contributed by atoms with Gasteiger partial charge in [-0.25, -0.2) is 8.42 Å². The fraction of sp³-hybridized carbons (Fsp3) is 0.448. The van der Waals surface area contributed by atoms with Gasteiger partial charge in [0.1, 0.15) is 6.04 Å². The molecule has 2 N–H and O–H groups in total. The van der Waals surface area contributed by atoms with E-state index in [-0.39, 0.29) is 23.3 Å². The monoisotopic (exact) mass is 570 g/mol. The average molecular weight is 571 g/mol. The van der Waals surface area contributed by atoms with Gasteiger partial charge in [0.2, 0.25) is 11.8 Å². The zero-order valence-electron chi connectivity index (χ0n) is 21.9. The van der Waals surface area contributed by atoms with Gasteiger partial charge in [0, 0.05) is 24.0 Å². The fourth-order valence-electron chi connectivity index (χ4n) is 5.74. The molecule has 1 saturated heterocycles. The van der Waals surface area contributed by atoms with Crippen LogP contribution in [0.3, 0.4) is 0 Å². The van der Waals surface area contributed by atoms with Gasteiger partial charge < -0.3 is 15.5 Å². The summed E-state index contributed by atoms with van der Waals surface area (Å²) >= 11 is 5.91. The lowest BCUT2D eigenvalue weighted by Crippen LogP contribution is -2.51. The zero-order chi connectivity index (χ0) is 27.4. The maximum atomic E-state index is 13.3. The number of halogens is 1. The third kappa shape index (κ3) is 6.48. The number of hydrogen-bond donors (Lipinski definition) is 2. The number of sulfonamides is 1. The number of benzene rings is 2. The summed E-state index contributed by atoms with van der Waals surface area (Å²) in [7, 11) is -4.06. The van der Waals surface area contributed by atoms with E-state index in [4.69, 9.17) is 11.6 Å². The normalized spacial score (nSPS) is 21.8. The number of aryl methyl sites for hydroxylation is 1. The Morgan fingerprint density at radius 2 is 1.82 bits per heavy atom. The zero-order valence-corrected chi connectivity index (χ0v) is 23.5. The van der Waals surface area contributed by atoms with E-state index in [9.17, 15) is 18.0 Å². The van der Waals surface area contributed by atoms with E-state index in [2.05, 4.69) is 33.7 Å². The van der Waals surface area contributed by atoms with Gasteiger partial charge in [0.25, 0.3) is 10.0 Å². The average Bonchev–Trinajstić information content (AvgIpc) is 2.94. The smallest absolute Gasteiger partial charge is 0.264 e. The van der Waals surface area contributed by atoms with Gasteiger partial charge in [0.15, 0.2) is 0 Å². The predicted molar refractivity (Wildman–Crippen MR) is 150 cm³/mol. The molecule has 2 aliphatic heterocycles. The summed E-state index contributed by atoms with van der Waals surface area (Å²) in [6.45, 7) is 3.45. The molecule has 1 fully saturated rings. The van der Waals surface area contributed by atoms with E-state index in [1.54, 1.807) is 0 Å². The molecule has 5 rings (SSSR count). The molecule has 2 aromatic carbocycles. The van der Waals surface area contributed by atoms with Crippen LogP contribution in [0.4, 0.5) is 0 Å². The molecule has 3 aliphatic rings. The molecule has 2 amide bonds.